The lowest BCUT2D eigenvalue weighted by molar-refractivity contribution is -0.150. The van der Waals surface area contributed by atoms with Crippen LogP contribution in [0.2, 0.25) is 4.47 Å². The van der Waals surface area contributed by atoms with E-state index in [4.69, 9.17) is 25.9 Å². The van der Waals surface area contributed by atoms with E-state index < -0.39 is 58.2 Å². The zero-order chi connectivity index (χ0) is 50.2. The molecule has 4 N–H and O–H groups in total. The summed E-state index contributed by atoms with van der Waals surface area (Å²) >= 11 is 11.5. The summed E-state index contributed by atoms with van der Waals surface area (Å²) in [6.45, 7) is 10.9. The summed E-state index contributed by atoms with van der Waals surface area (Å²) < 4.78 is 11.7. The maximum atomic E-state index is 14.8. The van der Waals surface area contributed by atoms with E-state index in [0.29, 0.717) is 49.5 Å². The van der Waals surface area contributed by atoms with E-state index in [-0.39, 0.29) is 33.1 Å². The average Bonchev–Trinajstić information content (AvgIpc) is 3.66. The minimum absolute atomic E-state index is 0.0182. The fourth-order valence-corrected chi connectivity index (χ4v) is 12.3. The van der Waals surface area contributed by atoms with Gasteiger partial charge in [-0.25, -0.2) is 24.4 Å². The van der Waals surface area contributed by atoms with Crippen molar-refractivity contribution < 1.29 is 43.4 Å². The molecule has 366 valence electrons. The number of pyridine rings is 1. The topological polar surface area (TPSA) is 211 Å². The predicted octanol–water partition coefficient (Wildman–Crippen LogP) is 9.50. The number of benzene rings is 3. The third-order valence-electron chi connectivity index (χ3n) is 10.1. The highest BCUT2D eigenvalue weighted by Crippen LogP contribution is 2.48. The second-order valence-corrected chi connectivity index (χ2v) is 22.7. The second-order valence-electron chi connectivity index (χ2n) is 17.6. The molecule has 7 rings (SSSR count). The Hall–Kier alpha value is -6.06. The number of nitrogens with one attached hydrogen (secondary N) is 3. The molecular formula is C49H50ClN7O9S4. The van der Waals surface area contributed by atoms with Crippen molar-refractivity contribution in [1.29, 1.82) is 0 Å². The minimum Gasteiger partial charge on any atom is -0.477 e. The number of amides is 4. The van der Waals surface area contributed by atoms with Crippen molar-refractivity contribution in [3.05, 3.63) is 152 Å². The lowest BCUT2D eigenvalue weighted by Gasteiger charge is -2.49. The lowest BCUT2D eigenvalue weighted by Crippen LogP contribution is -2.71. The van der Waals surface area contributed by atoms with Crippen LogP contribution in [0.3, 0.4) is 0 Å². The first-order valence-corrected chi connectivity index (χ1v) is 26.0. The SMILES string of the molecule is CC(C)(C)OC(=O)NCCSCc1nc(Cl)sc1SC1=C(C(=O)O)N2C(=O)[C@@H](NC(=O)/C(=N\OC(c3ccccc3)(c3ccccc3)c3ccccc3)c3cccc(NC(=O)OC(C)(C)C)n3)[C@@H]2SC1. The van der Waals surface area contributed by atoms with Gasteiger partial charge < -0.3 is 30.1 Å². The molecular weight excluding hydrogens is 994 g/mol. The summed E-state index contributed by atoms with van der Waals surface area (Å²) in [4.78, 5) is 84.1. The van der Waals surface area contributed by atoms with Gasteiger partial charge in [0.2, 0.25) is 5.60 Å². The Kier molecular flexibility index (Phi) is 16.5. The first-order chi connectivity index (χ1) is 33.3. The van der Waals surface area contributed by atoms with Gasteiger partial charge in [0.05, 0.1) is 9.90 Å². The number of carbonyl (C=O) groups is 5. The van der Waals surface area contributed by atoms with E-state index in [1.165, 1.54) is 63.7 Å². The first-order valence-electron chi connectivity index (χ1n) is 21.8. The monoisotopic (exact) mass is 1040 g/mol. The number of thioether (sulfide) groups is 3. The molecule has 4 amide bonds. The van der Waals surface area contributed by atoms with Crippen molar-refractivity contribution >= 4 is 99.7 Å². The number of hydrogen-bond donors (Lipinski definition) is 4. The fourth-order valence-electron chi connectivity index (χ4n) is 7.22. The van der Waals surface area contributed by atoms with Crippen molar-refractivity contribution in [2.45, 2.75) is 79.7 Å². The number of alkyl carbamates (subject to hydrolysis) is 1. The normalized spacial score (nSPS) is 16.1. The van der Waals surface area contributed by atoms with E-state index in [9.17, 15) is 29.1 Å². The number of thiazole rings is 1. The van der Waals surface area contributed by atoms with Crippen LogP contribution >= 0.6 is 58.2 Å². The number of fused-ring (bicyclic) bond motifs is 1. The van der Waals surface area contributed by atoms with Gasteiger partial charge in [-0.2, -0.15) is 11.8 Å². The second kappa shape index (κ2) is 22.4. The van der Waals surface area contributed by atoms with Crippen LogP contribution in [0.1, 0.15) is 69.6 Å². The van der Waals surface area contributed by atoms with Crippen molar-refractivity contribution in [1.82, 2.24) is 25.5 Å². The number of rotatable bonds is 17. The number of nitrogens with zero attached hydrogens (tertiary/aromatic N) is 4. The van der Waals surface area contributed by atoms with Gasteiger partial charge in [0, 0.05) is 45.4 Å². The highest BCUT2D eigenvalue weighted by atomic mass is 35.5. The summed E-state index contributed by atoms with van der Waals surface area (Å²) in [5, 5.41) is 22.5. The molecule has 0 unspecified atom stereocenters. The molecule has 1 saturated heterocycles. The molecule has 2 aliphatic rings. The van der Waals surface area contributed by atoms with Crippen LogP contribution in [0.4, 0.5) is 15.4 Å². The van der Waals surface area contributed by atoms with Crippen LogP contribution in [0.25, 0.3) is 0 Å². The Balaban J connectivity index is 1.16. The number of hydrogen-bond acceptors (Lipinski definition) is 15. The van der Waals surface area contributed by atoms with Gasteiger partial charge in [-0.1, -0.05) is 137 Å². The van der Waals surface area contributed by atoms with Crippen LogP contribution < -0.4 is 16.0 Å². The molecule has 0 spiro atoms. The molecule has 0 bridgehead atoms. The first kappa shape index (κ1) is 51.8. The summed E-state index contributed by atoms with van der Waals surface area (Å²) in [6.07, 6.45) is -1.29. The molecule has 2 atom stereocenters. The van der Waals surface area contributed by atoms with E-state index in [1.54, 1.807) is 47.6 Å². The van der Waals surface area contributed by atoms with Crippen LogP contribution in [-0.4, -0.2) is 96.3 Å². The number of oxime groups is 1. The molecule has 21 heteroatoms. The van der Waals surface area contributed by atoms with Crippen molar-refractivity contribution in [2.24, 2.45) is 5.16 Å². The number of carboxylic acid groups (broad SMARTS) is 1. The lowest BCUT2D eigenvalue weighted by atomic mass is 9.80. The summed E-state index contributed by atoms with van der Waals surface area (Å²) in [6, 6.07) is 31.6. The van der Waals surface area contributed by atoms with Gasteiger partial charge in [0.15, 0.2) is 10.2 Å². The number of carbonyl (C=O) groups excluding carboxylic acids is 4. The van der Waals surface area contributed by atoms with Crippen LogP contribution in [0.15, 0.2) is 129 Å². The van der Waals surface area contributed by atoms with Gasteiger partial charge >= 0.3 is 18.2 Å². The number of aromatic nitrogens is 2. The molecule has 0 radical (unpaired) electrons. The van der Waals surface area contributed by atoms with Crippen molar-refractivity contribution in [3.8, 4) is 0 Å². The highest BCUT2D eigenvalue weighted by molar-refractivity contribution is 8.07. The number of aliphatic carboxylic acids is 1. The van der Waals surface area contributed by atoms with E-state index >= 15 is 0 Å². The Bertz CT molecular complexity index is 2690. The summed E-state index contributed by atoms with van der Waals surface area (Å²) in [7, 11) is 0. The number of carboxylic acids is 1. The molecule has 3 aromatic carbocycles. The van der Waals surface area contributed by atoms with Gasteiger partial charge in [0.25, 0.3) is 11.8 Å². The number of halogens is 1. The number of ether oxygens (including phenoxy) is 2. The predicted molar refractivity (Wildman–Crippen MR) is 274 cm³/mol. The Morgan fingerprint density at radius 3 is 1.99 bits per heavy atom. The van der Waals surface area contributed by atoms with E-state index in [0.717, 1.165) is 0 Å². The highest BCUT2D eigenvalue weighted by Gasteiger charge is 2.55. The Morgan fingerprint density at radius 1 is 0.829 bits per heavy atom. The third-order valence-corrected chi connectivity index (χ3v) is 15.0. The average molecular weight is 1040 g/mol. The van der Waals surface area contributed by atoms with Crippen molar-refractivity contribution in [2.75, 3.05) is 23.4 Å². The van der Waals surface area contributed by atoms with E-state index in [1.807, 2.05) is 91.0 Å². The maximum absolute atomic E-state index is 14.8. The van der Waals surface area contributed by atoms with Crippen molar-refractivity contribution in [3.63, 3.8) is 0 Å². The molecule has 70 heavy (non-hydrogen) atoms. The smallest absolute Gasteiger partial charge is 0.413 e. The molecule has 0 saturated carbocycles. The molecule has 5 aromatic rings. The van der Waals surface area contributed by atoms with Gasteiger partial charge in [-0.3, -0.25) is 19.8 Å². The summed E-state index contributed by atoms with van der Waals surface area (Å²) in [5.74, 6) is -1.63. The molecule has 16 nitrogen and oxygen atoms in total. The molecule has 4 heterocycles. The Morgan fingerprint density at radius 2 is 1.41 bits per heavy atom. The molecule has 0 aliphatic carbocycles. The Labute approximate surface area is 426 Å². The van der Waals surface area contributed by atoms with Gasteiger partial charge in [-0.15, -0.1) is 11.8 Å². The standard InChI is InChI=1S/C49H50ClN7O9S4/c1-47(2,3)64-45(62)51-25-26-67-27-33-43(70-44(50)53-33)69-34-28-68-41-37(40(59)57(41)38(34)42(60)61)55-39(58)36(32-23-16-24-35(52-32)54-46(63)65-48(4,5)6)56-66-49(29-17-10-7-11-18-29,30-19-12-8-13-20-30)31-21-14-9-15-22-31/h7-24,37,41H,25-28H2,1-6H3,(H,51,62)(H,55,58)(H,60,61)(H,52,54,63)/b56-36-/t37-,41+/m1/s1. The fraction of sp³-hybridized carbons (Fsp3) is 0.306. The molecule has 1 fully saturated rings. The molecule has 2 aromatic heterocycles. The number of β-lactam (4-membered cyclic amide) rings is 1. The van der Waals surface area contributed by atoms with Gasteiger partial charge in [0.1, 0.15) is 39.8 Å². The minimum atomic E-state index is -1.42. The molecule has 2 aliphatic heterocycles. The zero-order valence-corrected chi connectivity index (χ0v) is 42.9. The van der Waals surface area contributed by atoms with Crippen LogP contribution in [0, 0.1) is 0 Å². The zero-order valence-electron chi connectivity index (χ0n) is 38.9. The van der Waals surface area contributed by atoms with Crippen LogP contribution in [-0.2, 0) is 40.0 Å². The maximum Gasteiger partial charge on any atom is 0.413 e. The van der Waals surface area contributed by atoms with E-state index in [2.05, 4.69) is 31.1 Å². The number of anilines is 1. The van der Waals surface area contributed by atoms with Crippen LogP contribution in [0.5, 0.6) is 0 Å². The van der Waals surface area contributed by atoms with Gasteiger partial charge in [-0.05, 0) is 53.7 Å². The summed E-state index contributed by atoms with van der Waals surface area (Å²) in [5.41, 5.74) is -0.726. The largest absolute Gasteiger partial charge is 0.477 e. The quantitative estimate of drug-likeness (QED) is 0.0225. The third kappa shape index (κ3) is 12.6.